The monoisotopic (exact) mass is 268 g/mol. The molecule has 0 bridgehead atoms. The van der Waals surface area contributed by atoms with Crippen LogP contribution in [-0.4, -0.2) is 11.1 Å². The summed E-state index contributed by atoms with van der Waals surface area (Å²) in [6.45, 7) is 6.41. The van der Waals surface area contributed by atoms with Gasteiger partial charge < -0.3 is 5.11 Å². The lowest BCUT2D eigenvalue weighted by Crippen LogP contribution is -1.97. The van der Waals surface area contributed by atoms with Crippen LogP contribution in [0.3, 0.4) is 0 Å². The van der Waals surface area contributed by atoms with Crippen LogP contribution in [0.1, 0.15) is 35.3 Å². The van der Waals surface area contributed by atoms with E-state index in [9.17, 15) is 4.79 Å². The van der Waals surface area contributed by atoms with Gasteiger partial charge in [-0.3, -0.25) is 0 Å². The highest BCUT2D eigenvalue weighted by Gasteiger charge is 2.08. The van der Waals surface area contributed by atoms with Gasteiger partial charge in [0.1, 0.15) is 0 Å². The SMILES string of the molecule is Cc1ccc(C(=O)O)cc1-c1ccc(CC(C)C)cc1. The molecule has 0 spiro atoms. The van der Waals surface area contributed by atoms with Crippen molar-refractivity contribution in [3.05, 3.63) is 59.2 Å². The fourth-order valence-corrected chi connectivity index (χ4v) is 2.36. The van der Waals surface area contributed by atoms with E-state index < -0.39 is 5.97 Å². The molecule has 2 rings (SSSR count). The minimum Gasteiger partial charge on any atom is -0.478 e. The average molecular weight is 268 g/mol. The lowest BCUT2D eigenvalue weighted by Gasteiger charge is -2.09. The van der Waals surface area contributed by atoms with E-state index in [1.165, 1.54) is 5.56 Å². The highest BCUT2D eigenvalue weighted by molar-refractivity contribution is 5.90. The van der Waals surface area contributed by atoms with Crippen LogP contribution in [0.5, 0.6) is 0 Å². The minimum atomic E-state index is -0.886. The van der Waals surface area contributed by atoms with Crippen LogP contribution < -0.4 is 0 Å². The van der Waals surface area contributed by atoms with Crippen LogP contribution in [0.25, 0.3) is 11.1 Å². The van der Waals surface area contributed by atoms with Crippen molar-refractivity contribution in [2.75, 3.05) is 0 Å². The molecule has 0 amide bonds. The summed E-state index contributed by atoms with van der Waals surface area (Å²) in [5.41, 5.74) is 4.79. The number of carboxylic acids is 1. The zero-order valence-corrected chi connectivity index (χ0v) is 12.2. The maximum Gasteiger partial charge on any atom is 0.335 e. The molecule has 0 saturated carbocycles. The van der Waals surface area contributed by atoms with Crippen LogP contribution in [0.2, 0.25) is 0 Å². The van der Waals surface area contributed by atoms with Crippen molar-refractivity contribution < 1.29 is 9.90 Å². The number of hydrogen-bond donors (Lipinski definition) is 1. The number of aromatic carboxylic acids is 1. The number of carboxylic acid groups (broad SMARTS) is 1. The van der Waals surface area contributed by atoms with Gasteiger partial charge in [-0.25, -0.2) is 4.79 Å². The number of hydrogen-bond acceptors (Lipinski definition) is 1. The van der Waals surface area contributed by atoms with Crippen molar-refractivity contribution in [2.45, 2.75) is 27.2 Å². The Morgan fingerprint density at radius 3 is 2.30 bits per heavy atom. The largest absolute Gasteiger partial charge is 0.478 e. The van der Waals surface area contributed by atoms with Gasteiger partial charge in [-0.15, -0.1) is 0 Å². The van der Waals surface area contributed by atoms with Crippen LogP contribution in [0, 0.1) is 12.8 Å². The zero-order chi connectivity index (χ0) is 14.7. The molecule has 0 aliphatic heterocycles. The molecule has 0 aliphatic rings. The molecule has 20 heavy (non-hydrogen) atoms. The van der Waals surface area contributed by atoms with E-state index in [0.717, 1.165) is 23.1 Å². The van der Waals surface area contributed by atoms with Gasteiger partial charge in [0, 0.05) is 0 Å². The summed E-state index contributed by atoms with van der Waals surface area (Å²) in [5, 5.41) is 9.09. The van der Waals surface area contributed by atoms with E-state index in [0.29, 0.717) is 11.5 Å². The zero-order valence-electron chi connectivity index (χ0n) is 12.2. The van der Waals surface area contributed by atoms with Crippen molar-refractivity contribution >= 4 is 5.97 Å². The molecule has 2 aromatic rings. The number of carbonyl (C=O) groups is 1. The Morgan fingerprint density at radius 1 is 1.10 bits per heavy atom. The fraction of sp³-hybridized carbons (Fsp3) is 0.278. The summed E-state index contributed by atoms with van der Waals surface area (Å²) < 4.78 is 0. The second-order valence-electron chi connectivity index (χ2n) is 5.63. The summed E-state index contributed by atoms with van der Waals surface area (Å²) in [7, 11) is 0. The molecular weight excluding hydrogens is 248 g/mol. The van der Waals surface area contributed by atoms with Crippen LogP contribution >= 0.6 is 0 Å². The summed E-state index contributed by atoms with van der Waals surface area (Å²) in [6, 6.07) is 13.7. The first-order valence-corrected chi connectivity index (χ1v) is 6.90. The quantitative estimate of drug-likeness (QED) is 0.882. The molecule has 0 unspecified atom stereocenters. The maximum atomic E-state index is 11.1. The van der Waals surface area contributed by atoms with E-state index in [1.807, 2.05) is 13.0 Å². The number of benzene rings is 2. The molecule has 2 nitrogen and oxygen atoms in total. The molecule has 0 saturated heterocycles. The first-order valence-electron chi connectivity index (χ1n) is 6.90. The van der Waals surface area contributed by atoms with Crippen molar-refractivity contribution in [1.29, 1.82) is 0 Å². The second kappa shape index (κ2) is 5.91. The average Bonchev–Trinajstić information content (AvgIpc) is 2.39. The predicted molar refractivity (Wildman–Crippen MR) is 82.1 cm³/mol. The van der Waals surface area contributed by atoms with E-state index in [4.69, 9.17) is 5.11 Å². The third kappa shape index (κ3) is 3.27. The summed E-state index contributed by atoms with van der Waals surface area (Å²) in [6.07, 6.45) is 1.06. The first-order chi connectivity index (χ1) is 9.47. The highest BCUT2D eigenvalue weighted by Crippen LogP contribution is 2.25. The standard InChI is InChI=1S/C18H20O2/c1-12(2)10-14-5-8-15(9-6-14)17-11-16(18(19)20)7-4-13(17)3/h4-9,11-12H,10H2,1-3H3,(H,19,20). The van der Waals surface area contributed by atoms with Crippen LogP contribution in [0.15, 0.2) is 42.5 Å². The Labute approximate surface area is 120 Å². The van der Waals surface area contributed by atoms with Crippen LogP contribution in [0.4, 0.5) is 0 Å². The Balaban J connectivity index is 2.36. The lowest BCUT2D eigenvalue weighted by atomic mass is 9.95. The molecule has 0 aromatic heterocycles. The number of aryl methyl sites for hydroxylation is 1. The third-order valence-electron chi connectivity index (χ3n) is 3.39. The maximum absolute atomic E-state index is 11.1. The van der Waals surface area contributed by atoms with Gasteiger partial charge >= 0.3 is 5.97 Å². The molecule has 104 valence electrons. The molecule has 1 N–H and O–H groups in total. The molecule has 2 heteroatoms. The van der Waals surface area contributed by atoms with Gasteiger partial charge in [-0.05, 0) is 53.6 Å². The molecule has 2 aromatic carbocycles. The third-order valence-corrected chi connectivity index (χ3v) is 3.39. The summed E-state index contributed by atoms with van der Waals surface area (Å²) >= 11 is 0. The van der Waals surface area contributed by atoms with Gasteiger partial charge in [-0.1, -0.05) is 44.2 Å². The Hall–Kier alpha value is -2.09. The first kappa shape index (κ1) is 14.3. The predicted octanol–water partition coefficient (Wildman–Crippen LogP) is 4.56. The molecule has 0 heterocycles. The number of rotatable bonds is 4. The lowest BCUT2D eigenvalue weighted by molar-refractivity contribution is 0.0697. The Morgan fingerprint density at radius 2 is 1.75 bits per heavy atom. The van der Waals surface area contributed by atoms with Gasteiger partial charge in [0.15, 0.2) is 0 Å². The highest BCUT2D eigenvalue weighted by atomic mass is 16.4. The summed E-state index contributed by atoms with van der Waals surface area (Å²) in [5.74, 6) is -0.249. The minimum absolute atomic E-state index is 0.330. The van der Waals surface area contributed by atoms with Crippen molar-refractivity contribution in [1.82, 2.24) is 0 Å². The van der Waals surface area contributed by atoms with E-state index >= 15 is 0 Å². The fourth-order valence-electron chi connectivity index (χ4n) is 2.36. The van der Waals surface area contributed by atoms with Crippen LogP contribution in [-0.2, 0) is 6.42 Å². The van der Waals surface area contributed by atoms with Crippen molar-refractivity contribution in [2.24, 2.45) is 5.92 Å². The second-order valence-corrected chi connectivity index (χ2v) is 5.63. The topological polar surface area (TPSA) is 37.3 Å². The Kier molecular flexibility index (Phi) is 4.23. The van der Waals surface area contributed by atoms with Gasteiger partial charge in [0.25, 0.3) is 0 Å². The van der Waals surface area contributed by atoms with Crippen molar-refractivity contribution in [3.8, 4) is 11.1 Å². The molecule has 0 aliphatic carbocycles. The van der Waals surface area contributed by atoms with Gasteiger partial charge in [0.05, 0.1) is 5.56 Å². The Bertz CT molecular complexity index is 610. The summed E-state index contributed by atoms with van der Waals surface area (Å²) in [4.78, 5) is 11.1. The van der Waals surface area contributed by atoms with Gasteiger partial charge in [0.2, 0.25) is 0 Å². The molecular formula is C18H20O2. The molecule has 0 fully saturated rings. The normalized spacial score (nSPS) is 10.8. The van der Waals surface area contributed by atoms with E-state index in [2.05, 4.69) is 38.1 Å². The molecule has 0 atom stereocenters. The van der Waals surface area contributed by atoms with Gasteiger partial charge in [-0.2, -0.15) is 0 Å². The van der Waals surface area contributed by atoms with E-state index in [-0.39, 0.29) is 0 Å². The molecule has 0 radical (unpaired) electrons. The smallest absolute Gasteiger partial charge is 0.335 e. The van der Waals surface area contributed by atoms with E-state index in [1.54, 1.807) is 12.1 Å². The van der Waals surface area contributed by atoms with Crippen molar-refractivity contribution in [3.63, 3.8) is 0 Å².